The van der Waals surface area contributed by atoms with E-state index in [1.807, 2.05) is 26.0 Å². The Hall–Kier alpha value is -3.39. The van der Waals surface area contributed by atoms with Crippen molar-refractivity contribution >= 4 is 40.9 Å². The summed E-state index contributed by atoms with van der Waals surface area (Å²) in [6.45, 7) is 3.82. The molecule has 0 aromatic heterocycles. The van der Waals surface area contributed by atoms with E-state index in [4.69, 9.17) is 21.7 Å². The van der Waals surface area contributed by atoms with Gasteiger partial charge < -0.3 is 14.6 Å². The number of carbonyl (C=O) groups is 2. The SMILES string of the molecule is COc1cc(C=C2C(=O)NC(=S)N(c3ccc(C)cc3C)C2=O)cc(OC)c1O. The molecular weight excluding hydrogens is 392 g/mol. The number of nitrogens with zero attached hydrogens (tertiary/aromatic N) is 1. The highest BCUT2D eigenvalue weighted by atomic mass is 32.1. The van der Waals surface area contributed by atoms with Crippen molar-refractivity contribution < 1.29 is 24.2 Å². The van der Waals surface area contributed by atoms with E-state index in [0.717, 1.165) is 11.1 Å². The third kappa shape index (κ3) is 3.79. The van der Waals surface area contributed by atoms with Gasteiger partial charge in [-0.2, -0.15) is 0 Å². The predicted octanol–water partition coefficient (Wildman–Crippen LogP) is 2.86. The number of hydrogen-bond donors (Lipinski definition) is 2. The molecule has 1 heterocycles. The fraction of sp³-hybridized carbons (Fsp3) is 0.190. The van der Waals surface area contributed by atoms with Crippen molar-refractivity contribution in [3.05, 3.63) is 52.6 Å². The Bertz CT molecular complexity index is 1040. The van der Waals surface area contributed by atoms with Gasteiger partial charge in [0.25, 0.3) is 11.8 Å². The van der Waals surface area contributed by atoms with Crippen LogP contribution in [0.15, 0.2) is 35.9 Å². The van der Waals surface area contributed by atoms with Crippen LogP contribution in [0.4, 0.5) is 5.69 Å². The highest BCUT2D eigenvalue weighted by Crippen LogP contribution is 2.38. The number of phenolic OH excluding ortho intramolecular Hbond substituents is 1. The molecule has 1 saturated heterocycles. The second-order valence-corrected chi connectivity index (χ2v) is 6.91. The number of anilines is 1. The van der Waals surface area contributed by atoms with Crippen molar-refractivity contribution in [1.29, 1.82) is 0 Å². The molecule has 1 fully saturated rings. The number of aryl methyl sites for hydroxylation is 2. The van der Waals surface area contributed by atoms with Crippen LogP contribution in [0, 0.1) is 13.8 Å². The van der Waals surface area contributed by atoms with E-state index < -0.39 is 11.8 Å². The molecule has 1 aliphatic rings. The zero-order chi connectivity index (χ0) is 21.3. The average Bonchev–Trinajstić information content (AvgIpc) is 2.67. The summed E-state index contributed by atoms with van der Waals surface area (Å²) in [5.41, 5.74) is 2.84. The maximum Gasteiger partial charge on any atom is 0.270 e. The minimum absolute atomic E-state index is 0.0185. The molecule has 29 heavy (non-hydrogen) atoms. The first-order valence-electron chi connectivity index (χ1n) is 8.70. The van der Waals surface area contributed by atoms with Crippen LogP contribution in [0.2, 0.25) is 0 Å². The van der Waals surface area contributed by atoms with Crippen LogP contribution in [-0.4, -0.2) is 36.3 Å². The van der Waals surface area contributed by atoms with Crippen LogP contribution < -0.4 is 19.7 Å². The summed E-state index contributed by atoms with van der Waals surface area (Å²) < 4.78 is 10.3. The topological polar surface area (TPSA) is 88.1 Å². The number of hydrogen-bond acceptors (Lipinski definition) is 6. The standard InChI is InChI=1S/C21H20N2O5S/c1-11-5-6-15(12(2)7-11)23-20(26)14(19(25)22-21(23)29)8-13-9-16(27-3)18(24)17(10-13)28-4/h5-10,24H,1-4H3,(H,22,25,29). The van der Waals surface area contributed by atoms with E-state index in [-0.39, 0.29) is 27.9 Å². The van der Waals surface area contributed by atoms with Crippen molar-refractivity contribution in [3.63, 3.8) is 0 Å². The quantitative estimate of drug-likeness (QED) is 0.456. The minimum atomic E-state index is -0.605. The first-order chi connectivity index (χ1) is 13.8. The minimum Gasteiger partial charge on any atom is -0.502 e. The van der Waals surface area contributed by atoms with Crippen LogP contribution in [0.25, 0.3) is 6.08 Å². The number of phenols is 1. The highest BCUT2D eigenvalue weighted by molar-refractivity contribution is 7.80. The van der Waals surface area contributed by atoms with Gasteiger partial charge >= 0.3 is 0 Å². The van der Waals surface area contributed by atoms with Crippen molar-refractivity contribution in [1.82, 2.24) is 5.32 Å². The molecule has 0 aliphatic carbocycles. The van der Waals surface area contributed by atoms with E-state index >= 15 is 0 Å². The maximum atomic E-state index is 13.2. The van der Waals surface area contributed by atoms with Gasteiger partial charge in [0.1, 0.15) is 5.57 Å². The number of carbonyl (C=O) groups excluding carboxylic acids is 2. The van der Waals surface area contributed by atoms with Crippen molar-refractivity contribution in [2.75, 3.05) is 19.1 Å². The number of methoxy groups -OCH3 is 2. The van der Waals surface area contributed by atoms with Gasteiger partial charge in [0.15, 0.2) is 16.6 Å². The van der Waals surface area contributed by atoms with Crippen LogP contribution in [0.5, 0.6) is 17.2 Å². The van der Waals surface area contributed by atoms with E-state index in [0.29, 0.717) is 11.3 Å². The molecule has 2 aromatic rings. The first kappa shape index (κ1) is 20.3. The third-order valence-corrected chi connectivity index (χ3v) is 4.79. The molecule has 0 spiro atoms. The smallest absolute Gasteiger partial charge is 0.270 e. The molecule has 0 unspecified atom stereocenters. The molecule has 2 amide bonds. The van der Waals surface area contributed by atoms with Gasteiger partial charge in [0, 0.05) is 0 Å². The molecule has 7 nitrogen and oxygen atoms in total. The number of aromatic hydroxyl groups is 1. The number of benzene rings is 2. The summed E-state index contributed by atoms with van der Waals surface area (Å²) in [5.74, 6) is -1.01. The van der Waals surface area contributed by atoms with Crippen LogP contribution in [0.1, 0.15) is 16.7 Å². The van der Waals surface area contributed by atoms with E-state index in [1.54, 1.807) is 6.07 Å². The Labute approximate surface area is 173 Å². The molecule has 8 heteroatoms. The zero-order valence-corrected chi connectivity index (χ0v) is 17.2. The molecule has 0 radical (unpaired) electrons. The molecule has 0 saturated carbocycles. The Kier molecular flexibility index (Phi) is 5.56. The normalized spacial score (nSPS) is 15.5. The number of nitrogens with one attached hydrogen (secondary N) is 1. The molecule has 1 aliphatic heterocycles. The van der Waals surface area contributed by atoms with E-state index in [9.17, 15) is 14.7 Å². The lowest BCUT2D eigenvalue weighted by Gasteiger charge is -2.30. The molecule has 0 atom stereocenters. The van der Waals surface area contributed by atoms with Gasteiger partial charge in [-0.3, -0.25) is 19.8 Å². The monoisotopic (exact) mass is 412 g/mol. The van der Waals surface area contributed by atoms with Gasteiger partial charge in [-0.05, 0) is 61.5 Å². The molecule has 3 rings (SSSR count). The summed E-state index contributed by atoms with van der Waals surface area (Å²) >= 11 is 5.24. The van der Waals surface area contributed by atoms with Crippen molar-refractivity contribution in [2.24, 2.45) is 0 Å². The van der Waals surface area contributed by atoms with Gasteiger partial charge in [-0.15, -0.1) is 0 Å². The lowest BCUT2D eigenvalue weighted by Crippen LogP contribution is -2.54. The Morgan fingerprint density at radius 3 is 2.24 bits per heavy atom. The Morgan fingerprint density at radius 1 is 1.07 bits per heavy atom. The summed E-state index contributed by atoms with van der Waals surface area (Å²) in [6.07, 6.45) is 1.40. The summed E-state index contributed by atoms with van der Waals surface area (Å²) in [7, 11) is 2.79. The second-order valence-electron chi connectivity index (χ2n) is 6.52. The van der Waals surface area contributed by atoms with Gasteiger partial charge in [-0.1, -0.05) is 17.7 Å². The fourth-order valence-corrected chi connectivity index (χ4v) is 3.37. The summed E-state index contributed by atoms with van der Waals surface area (Å²) in [5, 5.41) is 12.6. The van der Waals surface area contributed by atoms with Crippen LogP contribution in [-0.2, 0) is 9.59 Å². The molecule has 150 valence electrons. The van der Waals surface area contributed by atoms with Crippen molar-refractivity contribution in [2.45, 2.75) is 13.8 Å². The lowest BCUT2D eigenvalue weighted by molar-refractivity contribution is -0.122. The third-order valence-electron chi connectivity index (χ3n) is 4.51. The Morgan fingerprint density at radius 2 is 1.69 bits per heavy atom. The summed E-state index contributed by atoms with van der Waals surface area (Å²) in [6, 6.07) is 8.59. The van der Waals surface area contributed by atoms with Gasteiger partial charge in [0.2, 0.25) is 5.75 Å². The number of thiocarbonyl (C=S) groups is 1. The number of rotatable bonds is 4. The van der Waals surface area contributed by atoms with E-state index in [2.05, 4.69) is 5.32 Å². The van der Waals surface area contributed by atoms with Gasteiger partial charge in [0.05, 0.1) is 19.9 Å². The molecule has 0 bridgehead atoms. The lowest BCUT2D eigenvalue weighted by atomic mass is 10.0. The largest absolute Gasteiger partial charge is 0.502 e. The average molecular weight is 412 g/mol. The Balaban J connectivity index is 2.08. The van der Waals surface area contributed by atoms with Crippen molar-refractivity contribution in [3.8, 4) is 17.2 Å². The van der Waals surface area contributed by atoms with Crippen LogP contribution in [0.3, 0.4) is 0 Å². The van der Waals surface area contributed by atoms with Gasteiger partial charge in [-0.25, -0.2) is 0 Å². The zero-order valence-electron chi connectivity index (χ0n) is 16.4. The first-order valence-corrected chi connectivity index (χ1v) is 9.11. The summed E-state index contributed by atoms with van der Waals surface area (Å²) in [4.78, 5) is 26.9. The van der Waals surface area contributed by atoms with Crippen LogP contribution >= 0.6 is 12.2 Å². The molecule has 2 aromatic carbocycles. The maximum absolute atomic E-state index is 13.2. The number of amides is 2. The highest BCUT2D eigenvalue weighted by Gasteiger charge is 2.35. The molecule has 2 N–H and O–H groups in total. The molecular formula is C21H20N2O5S. The fourth-order valence-electron chi connectivity index (χ4n) is 3.10. The second kappa shape index (κ2) is 7.92. The predicted molar refractivity (Wildman–Crippen MR) is 113 cm³/mol. The number of ether oxygens (including phenoxy) is 2. The van der Waals surface area contributed by atoms with E-state index in [1.165, 1.54) is 37.3 Å².